The van der Waals surface area contributed by atoms with Gasteiger partial charge in [0.2, 0.25) is 11.5 Å². The molecule has 9 heteroatoms. The Morgan fingerprint density at radius 1 is 1.24 bits per heavy atom. The van der Waals surface area contributed by atoms with Crippen LogP contribution in [0.4, 0.5) is 5.82 Å². The Kier molecular flexibility index (Phi) is 6.93. The molecule has 0 saturated carbocycles. The number of nitrogen functional groups attached to an aromatic ring is 1. The normalized spacial score (nSPS) is 9.95. The van der Waals surface area contributed by atoms with E-state index in [1.807, 2.05) is 24.3 Å². The van der Waals surface area contributed by atoms with Gasteiger partial charge < -0.3 is 16.4 Å². The first kappa shape index (κ1) is 17.2. The standard InChI is InChI=1S/C12H14ClN5O2.ClH/c13-9-3-1-8(2-4-9)7-15-5-6-16-12(19)10-11(14)18-20-17-10;/h1-4,15H,5-7H2,(H2,14,18)(H,16,19);1H. The van der Waals surface area contributed by atoms with Gasteiger partial charge in [-0.1, -0.05) is 23.7 Å². The van der Waals surface area contributed by atoms with Crippen LogP contribution in [0.25, 0.3) is 0 Å². The molecule has 0 unspecified atom stereocenters. The van der Waals surface area contributed by atoms with Crippen molar-refractivity contribution in [2.24, 2.45) is 0 Å². The number of benzene rings is 1. The third-order valence-electron chi connectivity index (χ3n) is 2.56. The van der Waals surface area contributed by atoms with Crippen molar-refractivity contribution < 1.29 is 9.42 Å². The van der Waals surface area contributed by atoms with Crippen LogP contribution < -0.4 is 16.4 Å². The smallest absolute Gasteiger partial charge is 0.277 e. The van der Waals surface area contributed by atoms with E-state index in [1.165, 1.54) is 0 Å². The van der Waals surface area contributed by atoms with Gasteiger partial charge in [0.25, 0.3) is 5.91 Å². The molecule has 4 N–H and O–H groups in total. The molecule has 1 aromatic heterocycles. The number of carbonyl (C=O) groups is 1. The van der Waals surface area contributed by atoms with E-state index in [0.717, 1.165) is 5.56 Å². The van der Waals surface area contributed by atoms with Gasteiger partial charge in [0.05, 0.1) is 0 Å². The second-order valence-electron chi connectivity index (χ2n) is 4.06. The minimum atomic E-state index is -0.406. The van der Waals surface area contributed by atoms with Gasteiger partial charge in [-0.2, -0.15) is 0 Å². The highest BCUT2D eigenvalue weighted by atomic mass is 35.5. The molecule has 0 spiro atoms. The lowest BCUT2D eigenvalue weighted by molar-refractivity contribution is 0.0944. The lowest BCUT2D eigenvalue weighted by atomic mass is 10.2. The highest BCUT2D eigenvalue weighted by molar-refractivity contribution is 6.30. The quantitative estimate of drug-likeness (QED) is 0.688. The number of rotatable bonds is 6. The molecule has 0 aliphatic rings. The van der Waals surface area contributed by atoms with Crippen molar-refractivity contribution >= 4 is 35.7 Å². The Morgan fingerprint density at radius 2 is 1.95 bits per heavy atom. The van der Waals surface area contributed by atoms with Gasteiger partial charge in [-0.15, -0.1) is 12.4 Å². The first-order valence-corrected chi connectivity index (χ1v) is 6.36. The maximum atomic E-state index is 11.6. The third kappa shape index (κ3) is 5.22. The first-order valence-electron chi connectivity index (χ1n) is 5.98. The Balaban J connectivity index is 0.00000220. The molecule has 0 saturated heterocycles. The van der Waals surface area contributed by atoms with Gasteiger partial charge in [0.15, 0.2) is 0 Å². The summed E-state index contributed by atoms with van der Waals surface area (Å²) in [7, 11) is 0. The predicted octanol–water partition coefficient (Wildman–Crippen LogP) is 1.25. The highest BCUT2D eigenvalue weighted by Crippen LogP contribution is 2.08. The lowest BCUT2D eigenvalue weighted by Crippen LogP contribution is -2.32. The average Bonchev–Trinajstić information content (AvgIpc) is 2.86. The van der Waals surface area contributed by atoms with Crippen LogP contribution in [-0.2, 0) is 6.54 Å². The van der Waals surface area contributed by atoms with E-state index in [0.29, 0.717) is 24.7 Å². The Labute approximate surface area is 132 Å². The van der Waals surface area contributed by atoms with E-state index in [4.69, 9.17) is 17.3 Å². The molecule has 1 aromatic carbocycles. The van der Waals surface area contributed by atoms with Crippen LogP contribution in [-0.4, -0.2) is 29.3 Å². The molecule has 0 aliphatic heterocycles. The molecule has 0 atom stereocenters. The van der Waals surface area contributed by atoms with Crippen LogP contribution in [0.15, 0.2) is 28.9 Å². The number of carbonyl (C=O) groups excluding carboxylic acids is 1. The number of aromatic nitrogens is 2. The van der Waals surface area contributed by atoms with Crippen LogP contribution in [0.3, 0.4) is 0 Å². The van der Waals surface area contributed by atoms with Gasteiger partial charge in [-0.3, -0.25) is 4.79 Å². The van der Waals surface area contributed by atoms with Crippen molar-refractivity contribution in [3.8, 4) is 0 Å². The SMILES string of the molecule is Cl.Nc1nonc1C(=O)NCCNCc1ccc(Cl)cc1. The van der Waals surface area contributed by atoms with Crippen molar-refractivity contribution in [2.45, 2.75) is 6.54 Å². The topological polar surface area (TPSA) is 106 Å². The molecular formula is C12H15Cl2N5O2. The molecular weight excluding hydrogens is 317 g/mol. The number of nitrogens with zero attached hydrogens (tertiary/aromatic N) is 2. The number of anilines is 1. The van der Waals surface area contributed by atoms with Gasteiger partial charge in [-0.05, 0) is 28.0 Å². The van der Waals surface area contributed by atoms with Gasteiger partial charge >= 0.3 is 0 Å². The van der Waals surface area contributed by atoms with Crippen molar-refractivity contribution in [2.75, 3.05) is 18.8 Å². The summed E-state index contributed by atoms with van der Waals surface area (Å²) >= 11 is 5.80. The molecule has 21 heavy (non-hydrogen) atoms. The molecule has 0 radical (unpaired) electrons. The second-order valence-corrected chi connectivity index (χ2v) is 4.49. The summed E-state index contributed by atoms with van der Waals surface area (Å²) in [5.74, 6) is -0.423. The van der Waals surface area contributed by atoms with Crippen molar-refractivity contribution in [1.29, 1.82) is 0 Å². The van der Waals surface area contributed by atoms with E-state index in [9.17, 15) is 4.79 Å². The number of hydrogen-bond donors (Lipinski definition) is 3. The number of hydrogen-bond acceptors (Lipinski definition) is 6. The van der Waals surface area contributed by atoms with Crippen LogP contribution in [0.1, 0.15) is 16.1 Å². The zero-order valence-electron chi connectivity index (χ0n) is 11.0. The molecule has 1 amide bonds. The summed E-state index contributed by atoms with van der Waals surface area (Å²) in [5, 5.41) is 13.3. The lowest BCUT2D eigenvalue weighted by Gasteiger charge is -2.06. The Hall–Kier alpha value is -1.83. The number of nitrogens with one attached hydrogen (secondary N) is 2. The minimum absolute atomic E-state index is 0. The monoisotopic (exact) mass is 331 g/mol. The fourth-order valence-electron chi connectivity index (χ4n) is 1.54. The van der Waals surface area contributed by atoms with Gasteiger partial charge in [0.1, 0.15) is 0 Å². The molecule has 114 valence electrons. The minimum Gasteiger partial charge on any atom is -0.379 e. The number of nitrogens with two attached hydrogens (primary N) is 1. The molecule has 1 heterocycles. The average molecular weight is 332 g/mol. The van der Waals surface area contributed by atoms with Crippen LogP contribution in [0, 0.1) is 0 Å². The fraction of sp³-hybridized carbons (Fsp3) is 0.250. The van der Waals surface area contributed by atoms with E-state index in [1.54, 1.807) is 0 Å². The zero-order valence-corrected chi connectivity index (χ0v) is 12.6. The van der Waals surface area contributed by atoms with Crippen LogP contribution in [0.2, 0.25) is 5.02 Å². The third-order valence-corrected chi connectivity index (χ3v) is 2.81. The highest BCUT2D eigenvalue weighted by Gasteiger charge is 2.14. The number of halogens is 2. The van der Waals surface area contributed by atoms with Crippen LogP contribution >= 0.6 is 24.0 Å². The van der Waals surface area contributed by atoms with Gasteiger partial charge in [-0.25, -0.2) is 4.63 Å². The van der Waals surface area contributed by atoms with Gasteiger partial charge in [0, 0.05) is 24.7 Å². The number of amides is 1. The largest absolute Gasteiger partial charge is 0.379 e. The summed E-state index contributed by atoms with van der Waals surface area (Å²) < 4.78 is 4.35. The molecule has 2 aromatic rings. The fourth-order valence-corrected chi connectivity index (χ4v) is 1.66. The predicted molar refractivity (Wildman–Crippen MR) is 81.5 cm³/mol. The molecule has 0 fully saturated rings. The maximum Gasteiger partial charge on any atom is 0.277 e. The second kappa shape index (κ2) is 8.46. The molecule has 2 rings (SSSR count). The van der Waals surface area contributed by atoms with Crippen LogP contribution in [0.5, 0.6) is 0 Å². The first-order chi connectivity index (χ1) is 9.66. The molecule has 0 aliphatic carbocycles. The summed E-state index contributed by atoms with van der Waals surface area (Å²) in [5.41, 5.74) is 6.52. The van der Waals surface area contributed by atoms with Crippen molar-refractivity contribution in [3.63, 3.8) is 0 Å². The molecule has 7 nitrogen and oxygen atoms in total. The molecule has 0 bridgehead atoms. The maximum absolute atomic E-state index is 11.6. The summed E-state index contributed by atoms with van der Waals surface area (Å²) in [4.78, 5) is 11.6. The zero-order chi connectivity index (χ0) is 14.4. The van der Waals surface area contributed by atoms with E-state index in [2.05, 4.69) is 25.6 Å². The Morgan fingerprint density at radius 3 is 2.57 bits per heavy atom. The van der Waals surface area contributed by atoms with Crippen molar-refractivity contribution in [3.05, 3.63) is 40.5 Å². The van der Waals surface area contributed by atoms with Crippen molar-refractivity contribution in [1.82, 2.24) is 20.9 Å². The summed E-state index contributed by atoms with van der Waals surface area (Å²) in [6, 6.07) is 7.55. The Bertz CT molecular complexity index is 573. The summed E-state index contributed by atoms with van der Waals surface area (Å²) in [6.45, 7) is 1.75. The van der Waals surface area contributed by atoms with E-state index < -0.39 is 5.91 Å². The van der Waals surface area contributed by atoms with E-state index in [-0.39, 0.29) is 23.9 Å². The van der Waals surface area contributed by atoms with E-state index >= 15 is 0 Å². The summed E-state index contributed by atoms with van der Waals surface area (Å²) in [6.07, 6.45) is 0.